The highest BCUT2D eigenvalue weighted by Gasteiger charge is 2.17. The molecule has 0 radical (unpaired) electrons. The maximum Gasteiger partial charge on any atom is 0.141 e. The Labute approximate surface area is 203 Å². The second-order valence-corrected chi connectivity index (χ2v) is 8.18. The van der Waals surface area contributed by atoms with E-state index in [1.165, 1.54) is 18.5 Å². The molecular formula is C27H26FN5O2. The van der Waals surface area contributed by atoms with Crippen molar-refractivity contribution in [3.63, 3.8) is 0 Å². The van der Waals surface area contributed by atoms with E-state index in [1.807, 2.05) is 44.2 Å². The van der Waals surface area contributed by atoms with Crippen molar-refractivity contribution in [3.05, 3.63) is 102 Å². The summed E-state index contributed by atoms with van der Waals surface area (Å²) in [6.45, 7) is 4.27. The number of anilines is 2. The second-order valence-electron chi connectivity index (χ2n) is 8.18. The van der Waals surface area contributed by atoms with Crippen LogP contribution in [0.2, 0.25) is 0 Å². The molecule has 1 heterocycles. The van der Waals surface area contributed by atoms with Crippen LogP contribution in [0.5, 0.6) is 17.2 Å². The van der Waals surface area contributed by atoms with Gasteiger partial charge < -0.3 is 20.5 Å². The third-order valence-corrected chi connectivity index (χ3v) is 5.02. The lowest BCUT2D eigenvalue weighted by atomic mass is 10.0. The van der Waals surface area contributed by atoms with Gasteiger partial charge in [-0.25, -0.2) is 14.4 Å². The maximum absolute atomic E-state index is 14.2. The van der Waals surface area contributed by atoms with Gasteiger partial charge in [-0.3, -0.25) is 5.41 Å². The van der Waals surface area contributed by atoms with Crippen LogP contribution >= 0.6 is 0 Å². The zero-order valence-corrected chi connectivity index (χ0v) is 19.5. The molecule has 8 heteroatoms. The molecule has 0 saturated carbocycles. The molecule has 7 nitrogen and oxygen atoms in total. The highest BCUT2D eigenvalue weighted by molar-refractivity contribution is 6.16. The van der Waals surface area contributed by atoms with Crippen molar-refractivity contribution in [2.45, 2.75) is 26.5 Å². The van der Waals surface area contributed by atoms with Gasteiger partial charge in [0.15, 0.2) is 0 Å². The Morgan fingerprint density at radius 2 is 1.69 bits per heavy atom. The van der Waals surface area contributed by atoms with Gasteiger partial charge in [0.05, 0.1) is 11.3 Å². The van der Waals surface area contributed by atoms with Gasteiger partial charge >= 0.3 is 0 Å². The summed E-state index contributed by atoms with van der Waals surface area (Å²) < 4.78 is 25.7. The summed E-state index contributed by atoms with van der Waals surface area (Å²) in [5.74, 6) is 1.41. The summed E-state index contributed by atoms with van der Waals surface area (Å²) in [6, 6.07) is 20.9. The van der Waals surface area contributed by atoms with Crippen molar-refractivity contribution in [3.8, 4) is 17.2 Å². The minimum atomic E-state index is -0.464. The van der Waals surface area contributed by atoms with Crippen molar-refractivity contribution in [2.75, 3.05) is 11.1 Å². The summed E-state index contributed by atoms with van der Waals surface area (Å²) in [7, 11) is 0. The number of nitrogens with zero attached hydrogens (tertiary/aromatic N) is 2. The number of nitrogen functional groups attached to an aromatic ring is 1. The fourth-order valence-corrected chi connectivity index (χ4v) is 3.42. The van der Waals surface area contributed by atoms with Gasteiger partial charge in [0, 0.05) is 29.8 Å². The molecule has 1 aromatic heterocycles. The van der Waals surface area contributed by atoms with E-state index in [0.29, 0.717) is 40.8 Å². The van der Waals surface area contributed by atoms with Crippen LogP contribution in [0.25, 0.3) is 0 Å². The quantitative estimate of drug-likeness (QED) is 0.266. The zero-order valence-electron chi connectivity index (χ0n) is 19.5. The van der Waals surface area contributed by atoms with E-state index >= 15 is 0 Å². The van der Waals surface area contributed by atoms with Crippen molar-refractivity contribution >= 4 is 17.3 Å². The van der Waals surface area contributed by atoms with Crippen LogP contribution in [0, 0.1) is 11.2 Å². The van der Waals surface area contributed by atoms with Crippen LogP contribution in [-0.2, 0) is 6.61 Å². The molecule has 4 rings (SSSR count). The van der Waals surface area contributed by atoms with Crippen LogP contribution in [-0.4, -0.2) is 21.7 Å². The number of nitrogens with two attached hydrogens (primary N) is 1. The topological polar surface area (TPSA) is 106 Å². The first-order valence-electron chi connectivity index (χ1n) is 11.1. The Hall–Kier alpha value is -4.46. The summed E-state index contributed by atoms with van der Waals surface area (Å²) >= 11 is 0. The molecule has 0 atom stereocenters. The average molecular weight is 472 g/mol. The first kappa shape index (κ1) is 23.7. The molecular weight excluding hydrogens is 445 g/mol. The number of nitrogens with one attached hydrogen (secondary N) is 2. The Kier molecular flexibility index (Phi) is 7.21. The van der Waals surface area contributed by atoms with Crippen LogP contribution in [0.3, 0.4) is 0 Å². The zero-order chi connectivity index (χ0) is 24.8. The van der Waals surface area contributed by atoms with Crippen LogP contribution in [0.4, 0.5) is 16.0 Å². The van der Waals surface area contributed by atoms with Gasteiger partial charge in [0.25, 0.3) is 0 Å². The van der Waals surface area contributed by atoms with Crippen molar-refractivity contribution in [2.24, 2.45) is 0 Å². The van der Waals surface area contributed by atoms with Crippen LogP contribution < -0.4 is 20.5 Å². The molecule has 0 unspecified atom stereocenters. The van der Waals surface area contributed by atoms with E-state index in [1.54, 1.807) is 30.3 Å². The molecule has 0 aliphatic carbocycles. The minimum absolute atomic E-state index is 0.111. The number of halogens is 1. The van der Waals surface area contributed by atoms with Crippen LogP contribution in [0.1, 0.15) is 30.5 Å². The Morgan fingerprint density at radius 3 is 2.40 bits per heavy atom. The normalized spacial score (nSPS) is 10.7. The summed E-state index contributed by atoms with van der Waals surface area (Å²) in [5, 5.41) is 11.9. The molecule has 0 saturated heterocycles. The minimum Gasteiger partial charge on any atom is -0.489 e. The van der Waals surface area contributed by atoms with E-state index in [0.717, 1.165) is 5.56 Å². The Balaban J connectivity index is 1.48. The number of ether oxygens (including phenoxy) is 2. The van der Waals surface area contributed by atoms with E-state index < -0.39 is 5.82 Å². The lowest BCUT2D eigenvalue weighted by Crippen LogP contribution is -2.17. The maximum atomic E-state index is 14.2. The lowest BCUT2D eigenvalue weighted by Gasteiger charge is -2.15. The highest BCUT2D eigenvalue weighted by Crippen LogP contribution is 2.29. The molecule has 0 bridgehead atoms. The van der Waals surface area contributed by atoms with Crippen molar-refractivity contribution < 1.29 is 13.9 Å². The monoisotopic (exact) mass is 471 g/mol. The smallest absolute Gasteiger partial charge is 0.141 e. The third kappa shape index (κ3) is 6.11. The molecule has 3 aromatic carbocycles. The van der Waals surface area contributed by atoms with Crippen LogP contribution in [0.15, 0.2) is 79.1 Å². The lowest BCUT2D eigenvalue weighted by molar-refractivity contribution is 0.303. The van der Waals surface area contributed by atoms with E-state index in [4.69, 9.17) is 20.6 Å². The molecule has 178 valence electrons. The second kappa shape index (κ2) is 10.6. The molecule has 35 heavy (non-hydrogen) atoms. The number of benzene rings is 3. The number of aromatic nitrogens is 2. The van der Waals surface area contributed by atoms with E-state index in [2.05, 4.69) is 15.3 Å². The summed E-state index contributed by atoms with van der Waals surface area (Å²) in [6.07, 6.45) is 1.37. The molecule has 4 aromatic rings. The standard InChI is InChI=1S/C27H26FN5O2/c1-17(2)33-27-24(26(30)31-16-32-27)25(29)19-8-10-21(11-9-19)35-23-13-20(28)12-22(14-23)34-15-18-6-4-3-5-7-18/h3-14,16-17,29H,15H2,1-2H3,(H3,30,31,32,33). The average Bonchev–Trinajstić information content (AvgIpc) is 2.83. The molecule has 0 aliphatic heterocycles. The number of hydrogen-bond acceptors (Lipinski definition) is 7. The number of hydrogen-bond donors (Lipinski definition) is 3. The Morgan fingerprint density at radius 1 is 0.971 bits per heavy atom. The predicted molar refractivity (Wildman–Crippen MR) is 135 cm³/mol. The molecule has 0 spiro atoms. The summed E-state index contributed by atoms with van der Waals surface area (Å²) in [5.41, 5.74) is 8.25. The molecule has 4 N–H and O–H groups in total. The highest BCUT2D eigenvalue weighted by atomic mass is 19.1. The fourth-order valence-electron chi connectivity index (χ4n) is 3.42. The van der Waals surface area contributed by atoms with Gasteiger partial charge in [-0.05, 0) is 43.7 Å². The first-order valence-corrected chi connectivity index (χ1v) is 11.1. The molecule has 0 fully saturated rings. The van der Waals surface area contributed by atoms with Crippen molar-refractivity contribution in [1.82, 2.24) is 9.97 Å². The third-order valence-electron chi connectivity index (χ3n) is 5.02. The number of rotatable bonds is 9. The van der Waals surface area contributed by atoms with E-state index in [-0.39, 0.29) is 17.6 Å². The van der Waals surface area contributed by atoms with Gasteiger partial charge in [0.2, 0.25) is 0 Å². The fraction of sp³-hybridized carbons (Fsp3) is 0.148. The largest absolute Gasteiger partial charge is 0.489 e. The van der Waals surface area contributed by atoms with Gasteiger partial charge in [-0.2, -0.15) is 0 Å². The molecule has 0 aliphatic rings. The summed E-state index contributed by atoms with van der Waals surface area (Å²) in [4.78, 5) is 8.27. The van der Waals surface area contributed by atoms with Gasteiger partial charge in [0.1, 0.15) is 47.6 Å². The van der Waals surface area contributed by atoms with Gasteiger partial charge in [-0.1, -0.05) is 30.3 Å². The first-order chi connectivity index (χ1) is 16.9. The predicted octanol–water partition coefficient (Wildman–Crippen LogP) is 5.81. The molecule has 0 amide bonds. The van der Waals surface area contributed by atoms with Gasteiger partial charge in [-0.15, -0.1) is 0 Å². The van der Waals surface area contributed by atoms with E-state index in [9.17, 15) is 4.39 Å². The van der Waals surface area contributed by atoms with Crippen molar-refractivity contribution in [1.29, 1.82) is 5.41 Å². The SMILES string of the molecule is CC(C)Nc1ncnc(N)c1C(=N)c1ccc(Oc2cc(F)cc(OCc3ccccc3)c2)cc1. The Bertz CT molecular complexity index is 1310.